The second kappa shape index (κ2) is 8.75. The summed E-state index contributed by atoms with van der Waals surface area (Å²) in [4.78, 5) is 23.9. The van der Waals surface area contributed by atoms with Crippen molar-refractivity contribution in [3.63, 3.8) is 0 Å². The molecule has 9 heteroatoms. The Morgan fingerprint density at radius 3 is 2.78 bits per heavy atom. The number of nitrogens with one attached hydrogen (secondary N) is 2. The van der Waals surface area contributed by atoms with E-state index >= 15 is 0 Å². The van der Waals surface area contributed by atoms with Crippen molar-refractivity contribution < 1.29 is 14.0 Å². The molecule has 0 aliphatic carbocycles. The Labute approximate surface area is 165 Å². The number of nitrogens with zero attached hydrogens (tertiary/aromatic N) is 2. The third kappa shape index (κ3) is 5.12. The van der Waals surface area contributed by atoms with Gasteiger partial charge >= 0.3 is 0 Å². The van der Waals surface area contributed by atoms with E-state index < -0.39 is 0 Å². The quantitative estimate of drug-likeness (QED) is 0.627. The van der Waals surface area contributed by atoms with Gasteiger partial charge in [-0.15, -0.1) is 0 Å². The minimum Gasteiger partial charge on any atom is -0.459 e. The second-order valence-electron chi connectivity index (χ2n) is 5.64. The van der Waals surface area contributed by atoms with Gasteiger partial charge in [-0.05, 0) is 29.8 Å². The molecule has 0 bridgehead atoms. The van der Waals surface area contributed by atoms with Crippen LogP contribution in [0.5, 0.6) is 0 Å². The number of hydrogen-bond donors (Lipinski definition) is 2. The number of aromatic nitrogens is 2. The molecule has 3 aromatic rings. The summed E-state index contributed by atoms with van der Waals surface area (Å²) in [5.41, 5.74) is 0.825. The van der Waals surface area contributed by atoms with Crippen LogP contribution >= 0.6 is 23.2 Å². The van der Waals surface area contributed by atoms with E-state index in [2.05, 4.69) is 15.7 Å². The van der Waals surface area contributed by atoms with Gasteiger partial charge in [0.1, 0.15) is 5.82 Å². The molecule has 0 saturated heterocycles. The lowest BCUT2D eigenvalue weighted by atomic mass is 10.2. The predicted octanol–water partition coefficient (Wildman–Crippen LogP) is 3.59. The minimum absolute atomic E-state index is 0.110. The number of carbonyl (C=O) groups is 2. The van der Waals surface area contributed by atoms with Crippen LogP contribution in [0.1, 0.15) is 22.5 Å². The molecular formula is C18H16Cl2N4O3. The van der Waals surface area contributed by atoms with Crippen LogP contribution in [-0.4, -0.2) is 28.1 Å². The molecule has 2 aromatic heterocycles. The largest absolute Gasteiger partial charge is 0.459 e. The molecule has 1 aromatic carbocycles. The number of hydrogen-bond acceptors (Lipinski definition) is 4. The molecule has 0 unspecified atom stereocenters. The smallest absolute Gasteiger partial charge is 0.286 e. The summed E-state index contributed by atoms with van der Waals surface area (Å²) in [6, 6.07) is 10.1. The number of amides is 2. The van der Waals surface area contributed by atoms with Crippen LogP contribution in [0.4, 0.5) is 5.82 Å². The van der Waals surface area contributed by atoms with Crippen LogP contribution in [-0.2, 0) is 11.3 Å². The zero-order valence-electron chi connectivity index (χ0n) is 14.1. The summed E-state index contributed by atoms with van der Waals surface area (Å²) < 4.78 is 6.60. The Hall–Kier alpha value is -2.77. The SMILES string of the molecule is O=C(CCNC(=O)c1ccco1)Nc1ccnn1Cc1ccc(Cl)cc1Cl. The molecule has 2 N–H and O–H groups in total. The lowest BCUT2D eigenvalue weighted by molar-refractivity contribution is -0.116. The zero-order valence-corrected chi connectivity index (χ0v) is 15.6. The summed E-state index contributed by atoms with van der Waals surface area (Å²) in [7, 11) is 0. The zero-order chi connectivity index (χ0) is 19.2. The first-order valence-corrected chi connectivity index (χ1v) is 8.86. The van der Waals surface area contributed by atoms with Gasteiger partial charge in [0, 0.05) is 29.1 Å². The topological polar surface area (TPSA) is 89.2 Å². The standard InChI is InChI=1S/C18H16Cl2N4O3/c19-13-4-3-12(14(20)10-13)11-24-16(5-8-22-24)23-17(25)6-7-21-18(26)15-2-1-9-27-15/h1-5,8-10H,6-7,11H2,(H,21,26)(H,23,25). The molecule has 2 amide bonds. The fraction of sp³-hybridized carbons (Fsp3) is 0.167. The van der Waals surface area contributed by atoms with Crippen molar-refractivity contribution in [3.8, 4) is 0 Å². The van der Waals surface area contributed by atoms with Crippen molar-refractivity contribution in [3.05, 3.63) is 70.2 Å². The van der Waals surface area contributed by atoms with Crippen LogP contribution < -0.4 is 10.6 Å². The van der Waals surface area contributed by atoms with E-state index in [4.69, 9.17) is 27.6 Å². The average molecular weight is 407 g/mol. The van der Waals surface area contributed by atoms with Crippen LogP contribution in [0.25, 0.3) is 0 Å². The molecule has 0 radical (unpaired) electrons. The number of halogens is 2. The molecule has 0 aliphatic heterocycles. The molecule has 0 aliphatic rings. The fourth-order valence-corrected chi connectivity index (χ4v) is 2.83. The maximum atomic E-state index is 12.1. The highest BCUT2D eigenvalue weighted by Gasteiger charge is 2.11. The van der Waals surface area contributed by atoms with E-state index in [1.54, 1.807) is 41.2 Å². The Bertz CT molecular complexity index is 938. The lowest BCUT2D eigenvalue weighted by Gasteiger charge is -2.10. The molecule has 0 saturated carbocycles. The van der Waals surface area contributed by atoms with Crippen LogP contribution in [0.3, 0.4) is 0 Å². The molecule has 7 nitrogen and oxygen atoms in total. The molecule has 0 fully saturated rings. The third-order valence-electron chi connectivity index (χ3n) is 3.70. The predicted molar refractivity (Wildman–Crippen MR) is 102 cm³/mol. The molecule has 27 heavy (non-hydrogen) atoms. The molecule has 0 spiro atoms. The van der Waals surface area contributed by atoms with Gasteiger partial charge in [0.15, 0.2) is 5.76 Å². The Kier molecular flexibility index (Phi) is 6.16. The van der Waals surface area contributed by atoms with Crippen LogP contribution in [0.2, 0.25) is 10.0 Å². The van der Waals surface area contributed by atoms with Crippen molar-refractivity contribution in [2.24, 2.45) is 0 Å². The van der Waals surface area contributed by atoms with Crippen molar-refractivity contribution in [1.82, 2.24) is 15.1 Å². The Morgan fingerprint density at radius 1 is 1.19 bits per heavy atom. The molecule has 140 valence electrons. The van der Waals surface area contributed by atoms with E-state index in [1.807, 2.05) is 6.07 Å². The van der Waals surface area contributed by atoms with E-state index in [-0.39, 0.29) is 30.5 Å². The van der Waals surface area contributed by atoms with Crippen LogP contribution in [0.15, 0.2) is 53.3 Å². The van der Waals surface area contributed by atoms with Gasteiger partial charge in [-0.1, -0.05) is 29.3 Å². The van der Waals surface area contributed by atoms with Gasteiger partial charge in [-0.3, -0.25) is 9.59 Å². The van der Waals surface area contributed by atoms with E-state index in [0.29, 0.717) is 22.4 Å². The molecule has 2 heterocycles. The maximum absolute atomic E-state index is 12.1. The van der Waals surface area contributed by atoms with Gasteiger partial charge in [0.05, 0.1) is 19.0 Å². The first kappa shape index (κ1) is 19.0. The van der Waals surface area contributed by atoms with Gasteiger partial charge < -0.3 is 15.1 Å². The monoisotopic (exact) mass is 406 g/mol. The number of rotatable bonds is 7. The number of furan rings is 1. The normalized spacial score (nSPS) is 10.6. The van der Waals surface area contributed by atoms with Crippen molar-refractivity contribution >= 4 is 40.8 Å². The Morgan fingerprint density at radius 2 is 2.04 bits per heavy atom. The first-order valence-electron chi connectivity index (χ1n) is 8.10. The number of carbonyl (C=O) groups excluding carboxylic acids is 2. The van der Waals surface area contributed by atoms with Gasteiger partial charge in [-0.25, -0.2) is 4.68 Å². The highest BCUT2D eigenvalue weighted by atomic mass is 35.5. The van der Waals surface area contributed by atoms with Crippen molar-refractivity contribution in [1.29, 1.82) is 0 Å². The number of anilines is 1. The van der Waals surface area contributed by atoms with Crippen molar-refractivity contribution in [2.45, 2.75) is 13.0 Å². The summed E-state index contributed by atoms with van der Waals surface area (Å²) >= 11 is 12.1. The summed E-state index contributed by atoms with van der Waals surface area (Å²) in [5.74, 6) is 0.116. The first-order chi connectivity index (χ1) is 13.0. The second-order valence-corrected chi connectivity index (χ2v) is 6.48. The Balaban J connectivity index is 1.53. The number of benzene rings is 1. The molecule has 3 rings (SSSR count). The third-order valence-corrected chi connectivity index (χ3v) is 4.29. The van der Waals surface area contributed by atoms with E-state index in [9.17, 15) is 9.59 Å². The molecule has 0 atom stereocenters. The van der Waals surface area contributed by atoms with Gasteiger partial charge in [0.2, 0.25) is 5.91 Å². The maximum Gasteiger partial charge on any atom is 0.286 e. The van der Waals surface area contributed by atoms with Gasteiger partial charge in [-0.2, -0.15) is 5.10 Å². The molecular weight excluding hydrogens is 391 g/mol. The summed E-state index contributed by atoms with van der Waals surface area (Å²) in [6.07, 6.45) is 3.10. The van der Waals surface area contributed by atoms with Gasteiger partial charge in [0.25, 0.3) is 5.91 Å². The highest BCUT2D eigenvalue weighted by molar-refractivity contribution is 6.35. The average Bonchev–Trinajstić information content (AvgIpc) is 3.30. The van der Waals surface area contributed by atoms with Crippen molar-refractivity contribution in [2.75, 3.05) is 11.9 Å². The van der Waals surface area contributed by atoms with E-state index in [0.717, 1.165) is 5.56 Å². The van der Waals surface area contributed by atoms with E-state index in [1.165, 1.54) is 6.26 Å². The fourth-order valence-electron chi connectivity index (χ4n) is 2.37. The minimum atomic E-state index is -0.366. The lowest BCUT2D eigenvalue weighted by Crippen LogP contribution is -2.27. The van der Waals surface area contributed by atoms with Crippen LogP contribution in [0, 0.1) is 0 Å². The highest BCUT2D eigenvalue weighted by Crippen LogP contribution is 2.22. The summed E-state index contributed by atoms with van der Waals surface area (Å²) in [5, 5.41) is 10.7. The summed E-state index contributed by atoms with van der Waals surface area (Å²) in [6.45, 7) is 0.566.